The number of fused-ring (bicyclic) bond motifs is 1. The van der Waals surface area contributed by atoms with E-state index >= 15 is 0 Å². The quantitative estimate of drug-likeness (QED) is 0.669. The second-order valence-corrected chi connectivity index (χ2v) is 7.37. The first-order valence-electron chi connectivity index (χ1n) is 9.11. The summed E-state index contributed by atoms with van der Waals surface area (Å²) in [5, 5.41) is 5.08. The van der Waals surface area contributed by atoms with Crippen LogP contribution in [-0.2, 0) is 9.53 Å². The number of anilines is 1. The minimum absolute atomic E-state index is 0.0217. The van der Waals surface area contributed by atoms with Gasteiger partial charge in [-0.15, -0.1) is 0 Å². The van der Waals surface area contributed by atoms with Crippen molar-refractivity contribution in [3.63, 3.8) is 0 Å². The van der Waals surface area contributed by atoms with Crippen LogP contribution in [0.3, 0.4) is 0 Å². The maximum atomic E-state index is 12.9. The molecule has 3 aromatic rings. The number of aromatic nitrogens is 3. The van der Waals surface area contributed by atoms with Gasteiger partial charge in [-0.25, -0.2) is 4.68 Å². The lowest BCUT2D eigenvalue weighted by atomic mass is 9.91. The van der Waals surface area contributed by atoms with E-state index in [1.54, 1.807) is 4.90 Å². The van der Waals surface area contributed by atoms with Crippen LogP contribution in [0.2, 0.25) is 5.02 Å². The van der Waals surface area contributed by atoms with E-state index < -0.39 is 0 Å². The fraction of sp³-hybridized carbons (Fsp3) is 0.286. The van der Waals surface area contributed by atoms with E-state index in [-0.39, 0.29) is 24.6 Å². The van der Waals surface area contributed by atoms with Crippen molar-refractivity contribution in [3.05, 3.63) is 76.6 Å². The van der Waals surface area contributed by atoms with Crippen LogP contribution in [0.25, 0.3) is 0 Å². The Morgan fingerprint density at radius 2 is 1.75 bits per heavy atom. The van der Waals surface area contributed by atoms with Crippen LogP contribution >= 0.6 is 11.6 Å². The third-order valence-corrected chi connectivity index (χ3v) is 5.33. The molecule has 0 unspecified atom stereocenters. The van der Waals surface area contributed by atoms with E-state index in [0.717, 1.165) is 11.1 Å². The van der Waals surface area contributed by atoms with Gasteiger partial charge in [0.2, 0.25) is 5.95 Å². The fourth-order valence-corrected chi connectivity index (χ4v) is 3.83. The summed E-state index contributed by atoms with van der Waals surface area (Å²) in [6, 6.07) is 15.8. The second-order valence-electron chi connectivity index (χ2n) is 6.93. The third kappa shape index (κ3) is 3.41. The lowest BCUT2D eigenvalue weighted by molar-refractivity contribution is -0.123. The first kappa shape index (κ1) is 18.7. The number of hydrogen-bond donors (Lipinski definition) is 0. The van der Waals surface area contributed by atoms with Crippen LogP contribution < -0.4 is 4.90 Å². The molecule has 0 saturated heterocycles. The molecule has 0 fully saturated rings. The molecular formula is C21H21ClN4O2. The molecule has 1 amide bonds. The predicted molar refractivity (Wildman–Crippen MR) is 108 cm³/mol. The molecule has 0 saturated carbocycles. The molecule has 1 aromatic heterocycles. The Kier molecular flexibility index (Phi) is 5.15. The van der Waals surface area contributed by atoms with Crippen molar-refractivity contribution < 1.29 is 9.53 Å². The molecular weight excluding hydrogens is 376 g/mol. The van der Waals surface area contributed by atoms with Crippen LogP contribution in [0, 0.1) is 6.92 Å². The number of benzene rings is 2. The second kappa shape index (κ2) is 7.73. The monoisotopic (exact) mass is 396 g/mol. The van der Waals surface area contributed by atoms with E-state index in [1.807, 2.05) is 28.9 Å². The molecule has 1 aliphatic rings. The summed E-state index contributed by atoms with van der Waals surface area (Å²) in [4.78, 5) is 19.0. The van der Waals surface area contributed by atoms with Gasteiger partial charge in [0, 0.05) is 12.1 Å². The summed E-state index contributed by atoms with van der Waals surface area (Å²) in [5.74, 6) is 0.373. The van der Waals surface area contributed by atoms with Gasteiger partial charge in [0.15, 0.2) is 0 Å². The molecule has 0 bridgehead atoms. The van der Waals surface area contributed by atoms with Crippen molar-refractivity contribution in [2.45, 2.75) is 25.4 Å². The zero-order chi connectivity index (χ0) is 19.7. The largest absolute Gasteiger partial charge is 0.375 e. The number of carbonyl (C=O) groups excluding carboxylic acids is 1. The molecule has 0 N–H and O–H groups in total. The van der Waals surface area contributed by atoms with Crippen molar-refractivity contribution in [1.29, 1.82) is 0 Å². The van der Waals surface area contributed by atoms with E-state index in [9.17, 15) is 4.79 Å². The van der Waals surface area contributed by atoms with Crippen LogP contribution in [0.1, 0.15) is 35.2 Å². The number of methoxy groups -OCH3 is 1. The summed E-state index contributed by atoms with van der Waals surface area (Å²) in [6.45, 7) is 2.04. The first-order chi connectivity index (χ1) is 13.6. The molecule has 144 valence electrons. The molecule has 0 spiro atoms. The average Bonchev–Trinajstić information content (AvgIpc) is 3.18. The van der Waals surface area contributed by atoms with Crippen LogP contribution in [-0.4, -0.2) is 34.4 Å². The van der Waals surface area contributed by atoms with Crippen LogP contribution in [0.5, 0.6) is 0 Å². The van der Waals surface area contributed by atoms with Gasteiger partial charge in [-0.1, -0.05) is 53.6 Å². The summed E-state index contributed by atoms with van der Waals surface area (Å²) in [5.41, 5.74) is 3.33. The SMILES string of the molecule is COCC(=O)N1c2ncnn2[C@H](c2ccc(C)cc2)C[C@H]1c1ccc(Cl)cc1. The number of nitrogens with zero attached hydrogens (tertiary/aromatic N) is 4. The van der Waals surface area contributed by atoms with E-state index in [4.69, 9.17) is 16.3 Å². The zero-order valence-electron chi connectivity index (χ0n) is 15.7. The molecule has 6 nitrogen and oxygen atoms in total. The molecule has 0 radical (unpaired) electrons. The summed E-state index contributed by atoms with van der Waals surface area (Å²) >= 11 is 6.08. The van der Waals surface area contributed by atoms with E-state index in [0.29, 0.717) is 17.4 Å². The van der Waals surface area contributed by atoms with Crippen molar-refractivity contribution >= 4 is 23.5 Å². The molecule has 4 rings (SSSR count). The topological polar surface area (TPSA) is 60.2 Å². The lowest BCUT2D eigenvalue weighted by Gasteiger charge is -2.39. The number of hydrogen-bond acceptors (Lipinski definition) is 4. The Labute approximate surface area is 168 Å². The number of halogens is 1. The van der Waals surface area contributed by atoms with Gasteiger partial charge in [0.25, 0.3) is 5.91 Å². The van der Waals surface area contributed by atoms with Crippen molar-refractivity contribution in [3.8, 4) is 0 Å². The number of aryl methyl sites for hydroxylation is 1. The molecule has 2 atom stereocenters. The van der Waals surface area contributed by atoms with Gasteiger partial charge in [-0.2, -0.15) is 10.1 Å². The van der Waals surface area contributed by atoms with Crippen LogP contribution in [0.15, 0.2) is 54.9 Å². The smallest absolute Gasteiger partial charge is 0.255 e. The summed E-state index contributed by atoms with van der Waals surface area (Å²) < 4.78 is 6.93. The van der Waals surface area contributed by atoms with Gasteiger partial charge >= 0.3 is 0 Å². The Balaban J connectivity index is 1.81. The highest BCUT2D eigenvalue weighted by atomic mass is 35.5. The van der Waals surface area contributed by atoms with E-state index in [2.05, 4.69) is 41.3 Å². The molecule has 2 heterocycles. The van der Waals surface area contributed by atoms with Crippen LogP contribution in [0.4, 0.5) is 5.95 Å². The minimum Gasteiger partial charge on any atom is -0.375 e. The number of amides is 1. The molecule has 28 heavy (non-hydrogen) atoms. The van der Waals surface area contributed by atoms with Gasteiger partial charge in [0.05, 0.1) is 12.1 Å². The molecule has 1 aliphatic heterocycles. The summed E-state index contributed by atoms with van der Waals surface area (Å²) in [7, 11) is 1.51. The fourth-order valence-electron chi connectivity index (χ4n) is 3.71. The standard InChI is InChI=1S/C21H21ClN4O2/c1-14-3-5-16(6-4-14)19-11-18(15-7-9-17(22)10-8-15)25(20(27)12-28-2)21-23-13-24-26(19)21/h3-10,13,18-19H,11-12H2,1-2H3/t18-,19-/m0/s1. The highest BCUT2D eigenvalue weighted by Crippen LogP contribution is 2.42. The number of carbonyl (C=O) groups is 1. The Morgan fingerprint density at radius 3 is 2.43 bits per heavy atom. The summed E-state index contributed by atoms with van der Waals surface area (Å²) in [6.07, 6.45) is 2.17. The van der Waals surface area contributed by atoms with Crippen molar-refractivity contribution in [2.75, 3.05) is 18.6 Å². The number of rotatable bonds is 4. The van der Waals surface area contributed by atoms with Gasteiger partial charge < -0.3 is 4.74 Å². The van der Waals surface area contributed by atoms with Crippen molar-refractivity contribution in [1.82, 2.24) is 14.8 Å². The Morgan fingerprint density at radius 1 is 1.11 bits per heavy atom. The Bertz CT molecular complexity index is 969. The maximum Gasteiger partial charge on any atom is 0.255 e. The van der Waals surface area contributed by atoms with Crippen molar-refractivity contribution in [2.24, 2.45) is 0 Å². The van der Waals surface area contributed by atoms with Gasteiger partial charge in [-0.3, -0.25) is 9.69 Å². The maximum absolute atomic E-state index is 12.9. The van der Waals surface area contributed by atoms with Gasteiger partial charge in [0.1, 0.15) is 12.9 Å². The highest BCUT2D eigenvalue weighted by molar-refractivity contribution is 6.30. The third-order valence-electron chi connectivity index (χ3n) is 5.08. The zero-order valence-corrected chi connectivity index (χ0v) is 16.5. The molecule has 2 aromatic carbocycles. The predicted octanol–water partition coefficient (Wildman–Crippen LogP) is 3.95. The first-order valence-corrected chi connectivity index (χ1v) is 9.49. The molecule has 7 heteroatoms. The minimum atomic E-state index is -0.192. The highest BCUT2D eigenvalue weighted by Gasteiger charge is 2.39. The Hall–Kier alpha value is -2.70. The average molecular weight is 397 g/mol. The normalized spacial score (nSPS) is 18.8. The van der Waals surface area contributed by atoms with E-state index in [1.165, 1.54) is 19.0 Å². The lowest BCUT2D eigenvalue weighted by Crippen LogP contribution is -2.44. The number of ether oxygens (including phenoxy) is 1. The van der Waals surface area contributed by atoms with Gasteiger partial charge in [-0.05, 0) is 36.6 Å². The molecule has 0 aliphatic carbocycles.